The molecule has 0 aliphatic rings. The SMILES string of the molecule is NNc1ccc(C(=O)Nc2ccc3ncccc3c2)cn1. The number of anilines is 2. The summed E-state index contributed by atoms with van der Waals surface area (Å²) < 4.78 is 0. The minimum absolute atomic E-state index is 0.227. The summed E-state index contributed by atoms with van der Waals surface area (Å²) in [6, 6.07) is 12.7. The second-order valence-corrected chi connectivity index (χ2v) is 4.44. The fourth-order valence-electron chi connectivity index (χ4n) is 1.97. The minimum Gasteiger partial charge on any atom is -0.322 e. The van der Waals surface area contributed by atoms with E-state index in [1.807, 2.05) is 30.3 Å². The molecule has 0 bridgehead atoms. The van der Waals surface area contributed by atoms with Crippen LogP contribution in [0, 0.1) is 0 Å². The molecule has 4 N–H and O–H groups in total. The lowest BCUT2D eigenvalue weighted by atomic mass is 10.2. The van der Waals surface area contributed by atoms with Gasteiger partial charge in [0.25, 0.3) is 5.91 Å². The normalized spacial score (nSPS) is 10.3. The highest BCUT2D eigenvalue weighted by molar-refractivity contribution is 6.05. The van der Waals surface area contributed by atoms with Crippen molar-refractivity contribution in [1.82, 2.24) is 9.97 Å². The summed E-state index contributed by atoms with van der Waals surface area (Å²) in [7, 11) is 0. The van der Waals surface area contributed by atoms with E-state index in [0.29, 0.717) is 17.1 Å². The molecule has 3 aromatic rings. The first-order chi connectivity index (χ1) is 10.3. The van der Waals surface area contributed by atoms with Gasteiger partial charge in [-0.15, -0.1) is 0 Å². The highest BCUT2D eigenvalue weighted by Crippen LogP contribution is 2.17. The number of hydrazine groups is 1. The molecule has 1 aromatic carbocycles. The molecule has 104 valence electrons. The summed E-state index contributed by atoms with van der Waals surface area (Å²) in [5.74, 6) is 5.51. The van der Waals surface area contributed by atoms with Crippen LogP contribution in [-0.4, -0.2) is 15.9 Å². The first-order valence-corrected chi connectivity index (χ1v) is 6.35. The van der Waals surface area contributed by atoms with E-state index in [2.05, 4.69) is 20.7 Å². The van der Waals surface area contributed by atoms with Crippen molar-refractivity contribution in [2.24, 2.45) is 5.84 Å². The van der Waals surface area contributed by atoms with Crippen LogP contribution in [0.5, 0.6) is 0 Å². The average molecular weight is 279 g/mol. The van der Waals surface area contributed by atoms with Gasteiger partial charge in [0.05, 0.1) is 11.1 Å². The fraction of sp³-hybridized carbons (Fsp3) is 0. The molecule has 0 fully saturated rings. The van der Waals surface area contributed by atoms with E-state index in [1.165, 1.54) is 6.20 Å². The Morgan fingerprint density at radius 2 is 2.00 bits per heavy atom. The largest absolute Gasteiger partial charge is 0.322 e. The Kier molecular flexibility index (Phi) is 3.44. The van der Waals surface area contributed by atoms with Gasteiger partial charge < -0.3 is 10.7 Å². The molecule has 0 atom stereocenters. The molecule has 2 aromatic heterocycles. The number of amides is 1. The number of nitrogen functional groups attached to an aromatic ring is 1. The maximum absolute atomic E-state index is 12.1. The van der Waals surface area contributed by atoms with Crippen molar-refractivity contribution in [2.45, 2.75) is 0 Å². The minimum atomic E-state index is -0.227. The zero-order chi connectivity index (χ0) is 14.7. The lowest BCUT2D eigenvalue weighted by Gasteiger charge is -2.06. The number of nitrogens with zero attached hydrogens (tertiary/aromatic N) is 2. The van der Waals surface area contributed by atoms with Crippen molar-refractivity contribution in [3.63, 3.8) is 0 Å². The fourth-order valence-corrected chi connectivity index (χ4v) is 1.97. The lowest BCUT2D eigenvalue weighted by Crippen LogP contribution is -2.13. The third-order valence-electron chi connectivity index (χ3n) is 3.03. The number of rotatable bonds is 3. The maximum atomic E-state index is 12.1. The number of benzene rings is 1. The van der Waals surface area contributed by atoms with Crippen molar-refractivity contribution in [3.8, 4) is 0 Å². The van der Waals surface area contributed by atoms with Gasteiger partial charge in [-0.05, 0) is 36.4 Å². The average Bonchev–Trinajstić information content (AvgIpc) is 2.55. The first kappa shape index (κ1) is 13.0. The molecule has 21 heavy (non-hydrogen) atoms. The van der Waals surface area contributed by atoms with Gasteiger partial charge in [-0.2, -0.15) is 0 Å². The number of nitrogens with two attached hydrogens (primary N) is 1. The van der Waals surface area contributed by atoms with Gasteiger partial charge in [-0.25, -0.2) is 10.8 Å². The van der Waals surface area contributed by atoms with Crippen molar-refractivity contribution >= 4 is 28.3 Å². The molecule has 0 aliphatic heterocycles. The second kappa shape index (κ2) is 5.56. The summed E-state index contributed by atoms with van der Waals surface area (Å²) in [4.78, 5) is 20.4. The number of carbonyl (C=O) groups excluding carboxylic acids is 1. The molecular formula is C15H13N5O. The topological polar surface area (TPSA) is 92.9 Å². The Balaban J connectivity index is 1.81. The van der Waals surface area contributed by atoms with Gasteiger partial charge in [0.15, 0.2) is 0 Å². The monoisotopic (exact) mass is 279 g/mol. The molecule has 0 spiro atoms. The Bertz CT molecular complexity index is 785. The first-order valence-electron chi connectivity index (χ1n) is 6.35. The van der Waals surface area contributed by atoms with Gasteiger partial charge in [-0.1, -0.05) is 6.07 Å². The highest BCUT2D eigenvalue weighted by atomic mass is 16.1. The highest BCUT2D eigenvalue weighted by Gasteiger charge is 2.07. The summed E-state index contributed by atoms with van der Waals surface area (Å²) >= 11 is 0. The van der Waals surface area contributed by atoms with E-state index in [-0.39, 0.29) is 5.91 Å². The van der Waals surface area contributed by atoms with Gasteiger partial charge in [0.1, 0.15) is 5.82 Å². The molecule has 0 saturated heterocycles. The van der Waals surface area contributed by atoms with Gasteiger partial charge in [0, 0.05) is 23.5 Å². The quantitative estimate of drug-likeness (QED) is 0.504. The van der Waals surface area contributed by atoms with Crippen LogP contribution in [0.15, 0.2) is 54.9 Å². The Labute approximate surface area is 121 Å². The van der Waals surface area contributed by atoms with E-state index in [0.717, 1.165) is 10.9 Å². The predicted octanol–water partition coefficient (Wildman–Crippen LogP) is 2.17. The van der Waals surface area contributed by atoms with Gasteiger partial charge >= 0.3 is 0 Å². The molecule has 2 heterocycles. The third kappa shape index (κ3) is 2.80. The van der Waals surface area contributed by atoms with E-state index in [4.69, 9.17) is 5.84 Å². The molecular weight excluding hydrogens is 266 g/mol. The van der Waals surface area contributed by atoms with Crippen molar-refractivity contribution in [2.75, 3.05) is 10.7 Å². The van der Waals surface area contributed by atoms with Crippen LogP contribution in [0.3, 0.4) is 0 Å². The van der Waals surface area contributed by atoms with Crippen LogP contribution < -0.4 is 16.6 Å². The van der Waals surface area contributed by atoms with Crippen LogP contribution >= 0.6 is 0 Å². The lowest BCUT2D eigenvalue weighted by molar-refractivity contribution is 0.102. The van der Waals surface area contributed by atoms with Gasteiger partial charge in [0.2, 0.25) is 0 Å². The summed E-state index contributed by atoms with van der Waals surface area (Å²) in [6.45, 7) is 0. The van der Waals surface area contributed by atoms with Crippen LogP contribution in [0.25, 0.3) is 10.9 Å². The Hall–Kier alpha value is -2.99. The summed E-state index contributed by atoms with van der Waals surface area (Å²) in [5, 5.41) is 3.80. The third-order valence-corrected chi connectivity index (χ3v) is 3.03. The molecule has 6 heteroatoms. The van der Waals surface area contributed by atoms with E-state index >= 15 is 0 Å². The number of pyridine rings is 2. The Morgan fingerprint density at radius 3 is 2.76 bits per heavy atom. The number of hydrogen-bond acceptors (Lipinski definition) is 5. The molecule has 3 rings (SSSR count). The summed E-state index contributed by atoms with van der Waals surface area (Å²) in [6.07, 6.45) is 3.20. The van der Waals surface area contributed by atoms with Crippen molar-refractivity contribution in [1.29, 1.82) is 0 Å². The zero-order valence-electron chi connectivity index (χ0n) is 11.1. The van der Waals surface area contributed by atoms with Crippen molar-refractivity contribution in [3.05, 3.63) is 60.4 Å². The molecule has 0 radical (unpaired) electrons. The van der Waals surface area contributed by atoms with Crippen LogP contribution in [0.1, 0.15) is 10.4 Å². The smallest absolute Gasteiger partial charge is 0.257 e. The van der Waals surface area contributed by atoms with E-state index in [9.17, 15) is 4.79 Å². The molecule has 0 aliphatic carbocycles. The maximum Gasteiger partial charge on any atom is 0.257 e. The molecule has 1 amide bonds. The number of aromatic nitrogens is 2. The van der Waals surface area contributed by atoms with Crippen LogP contribution in [-0.2, 0) is 0 Å². The molecule has 0 unspecified atom stereocenters. The van der Waals surface area contributed by atoms with Crippen LogP contribution in [0.4, 0.5) is 11.5 Å². The van der Waals surface area contributed by atoms with Crippen molar-refractivity contribution < 1.29 is 4.79 Å². The van der Waals surface area contributed by atoms with E-state index in [1.54, 1.807) is 18.3 Å². The Morgan fingerprint density at radius 1 is 1.10 bits per heavy atom. The second-order valence-electron chi connectivity index (χ2n) is 4.44. The number of carbonyl (C=O) groups is 1. The van der Waals surface area contributed by atoms with Gasteiger partial charge in [-0.3, -0.25) is 9.78 Å². The standard InChI is InChI=1S/C15H13N5O/c16-20-14-6-3-11(9-18-14)15(21)19-12-4-5-13-10(8-12)2-1-7-17-13/h1-9H,16H2,(H,18,20)(H,19,21). The number of nitrogens with one attached hydrogen (secondary N) is 2. The van der Waals surface area contributed by atoms with E-state index < -0.39 is 0 Å². The number of fused-ring (bicyclic) bond motifs is 1. The zero-order valence-corrected chi connectivity index (χ0v) is 11.1. The predicted molar refractivity (Wildman–Crippen MR) is 81.7 cm³/mol. The molecule has 6 nitrogen and oxygen atoms in total. The van der Waals surface area contributed by atoms with Crippen LogP contribution in [0.2, 0.25) is 0 Å². The summed E-state index contributed by atoms with van der Waals surface area (Å²) in [5.41, 5.74) is 4.47. The molecule has 0 saturated carbocycles. The number of hydrogen-bond donors (Lipinski definition) is 3.